The van der Waals surface area contributed by atoms with Crippen LogP contribution in [0.1, 0.15) is 54.4 Å². The van der Waals surface area contributed by atoms with Gasteiger partial charge in [0.1, 0.15) is 17.3 Å². The second-order valence-electron chi connectivity index (χ2n) is 7.07. The van der Waals surface area contributed by atoms with Crippen LogP contribution in [0.25, 0.3) is 0 Å². The molecule has 2 aromatic rings. The van der Waals surface area contributed by atoms with E-state index in [0.29, 0.717) is 29.5 Å². The van der Waals surface area contributed by atoms with E-state index in [-0.39, 0.29) is 23.9 Å². The third-order valence-electron chi connectivity index (χ3n) is 4.94. The molecular weight excluding hydrogens is 318 g/mol. The van der Waals surface area contributed by atoms with Gasteiger partial charge < -0.3 is 14.3 Å². The average molecular weight is 343 g/mol. The Kier molecular flexibility index (Phi) is 4.79. The first-order valence-electron chi connectivity index (χ1n) is 8.77. The normalized spacial score (nSPS) is 20.7. The molecule has 3 heterocycles. The molecule has 0 spiro atoms. The molecule has 25 heavy (non-hydrogen) atoms. The molecule has 134 valence electrons. The lowest BCUT2D eigenvalue weighted by atomic mass is 9.90. The van der Waals surface area contributed by atoms with E-state index in [1.165, 1.54) is 0 Å². The summed E-state index contributed by atoms with van der Waals surface area (Å²) in [6.45, 7) is 8.30. The fourth-order valence-corrected chi connectivity index (χ4v) is 3.55. The largest absolute Gasteiger partial charge is 0.464 e. The minimum absolute atomic E-state index is 0.0507. The maximum atomic E-state index is 13.0. The number of aromatic amines is 1. The Morgan fingerprint density at radius 2 is 2.12 bits per heavy atom. The minimum atomic E-state index is -0.228. The van der Waals surface area contributed by atoms with Gasteiger partial charge in [-0.05, 0) is 51.7 Å². The van der Waals surface area contributed by atoms with E-state index in [1.54, 1.807) is 13.8 Å². The van der Waals surface area contributed by atoms with E-state index >= 15 is 0 Å². The second kappa shape index (κ2) is 6.86. The summed E-state index contributed by atoms with van der Waals surface area (Å²) >= 11 is 0. The highest BCUT2D eigenvalue weighted by Crippen LogP contribution is 2.35. The van der Waals surface area contributed by atoms with E-state index in [4.69, 9.17) is 4.42 Å². The summed E-state index contributed by atoms with van der Waals surface area (Å²) in [4.78, 5) is 34.0. The van der Waals surface area contributed by atoms with Crippen LogP contribution in [0.15, 0.2) is 21.3 Å². The molecule has 0 radical (unpaired) electrons. The van der Waals surface area contributed by atoms with Gasteiger partial charge in [0, 0.05) is 17.8 Å². The molecule has 1 aliphatic rings. The number of nitrogens with zero attached hydrogens (tertiary/aromatic N) is 2. The monoisotopic (exact) mass is 343 g/mol. The molecule has 0 unspecified atom stereocenters. The molecule has 1 saturated heterocycles. The van der Waals surface area contributed by atoms with Crippen LogP contribution in [0.5, 0.6) is 0 Å². The molecule has 3 rings (SSSR count). The van der Waals surface area contributed by atoms with Crippen molar-refractivity contribution in [1.82, 2.24) is 14.9 Å². The standard InChI is InChI=1S/C19H25N3O3/c1-11-7-8-22(16(9-11)17-6-5-12(2)25-17)18(23)10-15-13(3)20-14(4)21-19(15)24/h5-6,11,16H,7-10H2,1-4H3,(H,20,21,24)/t11-,16+/m0/s1. The predicted octanol–water partition coefficient (Wildman–Crippen LogP) is 2.83. The summed E-state index contributed by atoms with van der Waals surface area (Å²) in [5.41, 5.74) is 0.836. The smallest absolute Gasteiger partial charge is 0.254 e. The lowest BCUT2D eigenvalue weighted by molar-refractivity contribution is -0.135. The number of amides is 1. The molecule has 1 aliphatic heterocycles. The van der Waals surface area contributed by atoms with Crippen LogP contribution < -0.4 is 5.56 Å². The topological polar surface area (TPSA) is 79.2 Å². The van der Waals surface area contributed by atoms with Crippen molar-refractivity contribution in [2.24, 2.45) is 5.92 Å². The molecule has 2 atom stereocenters. The molecule has 0 bridgehead atoms. The fourth-order valence-electron chi connectivity index (χ4n) is 3.55. The van der Waals surface area contributed by atoms with E-state index in [1.807, 2.05) is 24.0 Å². The lowest BCUT2D eigenvalue weighted by Crippen LogP contribution is -2.42. The van der Waals surface area contributed by atoms with Crippen LogP contribution in [0, 0.1) is 26.7 Å². The van der Waals surface area contributed by atoms with E-state index < -0.39 is 0 Å². The number of rotatable bonds is 3. The molecule has 1 amide bonds. The zero-order valence-electron chi connectivity index (χ0n) is 15.3. The number of hydrogen-bond donors (Lipinski definition) is 1. The Balaban J connectivity index is 1.86. The summed E-state index contributed by atoms with van der Waals surface area (Å²) < 4.78 is 5.79. The van der Waals surface area contributed by atoms with Gasteiger partial charge in [-0.3, -0.25) is 9.59 Å². The highest BCUT2D eigenvalue weighted by Gasteiger charge is 2.33. The Labute approximate surface area is 147 Å². The number of nitrogens with one attached hydrogen (secondary N) is 1. The highest BCUT2D eigenvalue weighted by atomic mass is 16.3. The molecule has 0 aromatic carbocycles. The molecule has 2 aromatic heterocycles. The fraction of sp³-hybridized carbons (Fsp3) is 0.526. The first kappa shape index (κ1) is 17.5. The van der Waals surface area contributed by atoms with Crippen LogP contribution in [0.4, 0.5) is 0 Å². The number of aryl methyl sites for hydroxylation is 3. The first-order valence-corrected chi connectivity index (χ1v) is 8.77. The molecule has 0 aliphatic carbocycles. The van der Waals surface area contributed by atoms with Gasteiger partial charge in [-0.15, -0.1) is 0 Å². The number of likely N-dealkylation sites (tertiary alicyclic amines) is 1. The molecule has 1 fully saturated rings. The molecule has 6 nitrogen and oxygen atoms in total. The SMILES string of the molecule is Cc1nc(C)c(CC(=O)N2CC[C@H](C)C[C@@H]2c2ccc(C)o2)c(=O)[nH]1. The van der Waals surface area contributed by atoms with Crippen molar-refractivity contribution >= 4 is 5.91 Å². The third-order valence-corrected chi connectivity index (χ3v) is 4.94. The molecular formula is C19H25N3O3. The third kappa shape index (κ3) is 3.67. The Morgan fingerprint density at radius 1 is 1.36 bits per heavy atom. The summed E-state index contributed by atoms with van der Waals surface area (Å²) in [5, 5.41) is 0. The summed E-state index contributed by atoms with van der Waals surface area (Å²) in [7, 11) is 0. The van der Waals surface area contributed by atoms with Gasteiger partial charge in [0.2, 0.25) is 5.91 Å². The number of furan rings is 1. The number of carbonyl (C=O) groups excluding carboxylic acids is 1. The van der Waals surface area contributed by atoms with Crippen LogP contribution in [0.3, 0.4) is 0 Å². The van der Waals surface area contributed by atoms with Crippen molar-refractivity contribution in [3.05, 3.63) is 51.1 Å². The quantitative estimate of drug-likeness (QED) is 0.929. The summed E-state index contributed by atoms with van der Waals surface area (Å²) in [5.74, 6) is 2.71. The summed E-state index contributed by atoms with van der Waals surface area (Å²) in [6, 6.07) is 3.81. The van der Waals surface area contributed by atoms with E-state index in [2.05, 4.69) is 16.9 Å². The maximum Gasteiger partial charge on any atom is 0.254 e. The zero-order chi connectivity index (χ0) is 18.1. The van der Waals surface area contributed by atoms with Gasteiger partial charge in [0.15, 0.2) is 0 Å². The van der Waals surface area contributed by atoms with Crippen LogP contribution >= 0.6 is 0 Å². The van der Waals surface area contributed by atoms with Gasteiger partial charge in [0.05, 0.1) is 12.5 Å². The minimum Gasteiger partial charge on any atom is -0.464 e. The number of carbonyl (C=O) groups is 1. The second-order valence-corrected chi connectivity index (χ2v) is 7.07. The van der Waals surface area contributed by atoms with Gasteiger partial charge in [-0.2, -0.15) is 0 Å². The van der Waals surface area contributed by atoms with Crippen molar-refractivity contribution in [2.75, 3.05) is 6.54 Å². The molecule has 1 N–H and O–H groups in total. The number of aromatic nitrogens is 2. The maximum absolute atomic E-state index is 13.0. The van der Waals surface area contributed by atoms with Crippen molar-refractivity contribution in [3.8, 4) is 0 Å². The van der Waals surface area contributed by atoms with Crippen LogP contribution in [-0.2, 0) is 11.2 Å². The molecule has 0 saturated carbocycles. The zero-order valence-corrected chi connectivity index (χ0v) is 15.3. The van der Waals surface area contributed by atoms with E-state index in [0.717, 1.165) is 24.4 Å². The van der Waals surface area contributed by atoms with Crippen molar-refractivity contribution < 1.29 is 9.21 Å². The number of piperidine rings is 1. The predicted molar refractivity (Wildman–Crippen MR) is 94.3 cm³/mol. The Bertz CT molecular complexity index is 837. The number of H-pyrrole nitrogens is 1. The van der Waals surface area contributed by atoms with Gasteiger partial charge in [0.25, 0.3) is 5.56 Å². The van der Waals surface area contributed by atoms with Crippen molar-refractivity contribution in [3.63, 3.8) is 0 Å². The average Bonchev–Trinajstić information content (AvgIpc) is 2.97. The van der Waals surface area contributed by atoms with Crippen LogP contribution in [0.2, 0.25) is 0 Å². The van der Waals surface area contributed by atoms with E-state index in [9.17, 15) is 9.59 Å². The van der Waals surface area contributed by atoms with Gasteiger partial charge in [-0.1, -0.05) is 6.92 Å². The van der Waals surface area contributed by atoms with Gasteiger partial charge in [-0.25, -0.2) is 4.98 Å². The van der Waals surface area contributed by atoms with Gasteiger partial charge >= 0.3 is 0 Å². The lowest BCUT2D eigenvalue weighted by Gasteiger charge is -2.37. The summed E-state index contributed by atoms with van der Waals surface area (Å²) in [6.07, 6.45) is 1.91. The van der Waals surface area contributed by atoms with Crippen LogP contribution in [-0.4, -0.2) is 27.3 Å². The Morgan fingerprint density at radius 3 is 2.76 bits per heavy atom. The van der Waals surface area contributed by atoms with Crippen molar-refractivity contribution in [1.29, 1.82) is 0 Å². The highest BCUT2D eigenvalue weighted by molar-refractivity contribution is 5.79. The molecule has 6 heteroatoms. The Hall–Kier alpha value is -2.37. The first-order chi connectivity index (χ1) is 11.8. The number of hydrogen-bond acceptors (Lipinski definition) is 4. The van der Waals surface area contributed by atoms with Crippen molar-refractivity contribution in [2.45, 2.75) is 53.0 Å².